The number of rotatable bonds is 7. The zero-order valence-corrected chi connectivity index (χ0v) is 14.4. The van der Waals surface area contributed by atoms with E-state index in [-0.39, 0.29) is 11.7 Å². The van der Waals surface area contributed by atoms with Gasteiger partial charge in [0.05, 0.1) is 0 Å². The Morgan fingerprint density at radius 3 is 2.23 bits per heavy atom. The summed E-state index contributed by atoms with van der Waals surface area (Å²) in [4.78, 5) is 12.2. The van der Waals surface area contributed by atoms with Crippen LogP contribution in [0.4, 0.5) is 0 Å². The Labute approximate surface area is 153 Å². The number of hydrogen-bond donors (Lipinski definition) is 2. The molecule has 0 saturated heterocycles. The smallest absolute Gasteiger partial charge is 0.251 e. The molecular weight excluding hydrogens is 326 g/mol. The third-order valence-corrected chi connectivity index (χ3v) is 4.00. The number of benzene rings is 3. The molecule has 132 valence electrons. The van der Waals surface area contributed by atoms with Crippen molar-refractivity contribution in [2.75, 3.05) is 6.54 Å². The number of carbonyl (C=O) groups is 1. The van der Waals surface area contributed by atoms with E-state index in [2.05, 4.69) is 5.32 Å². The van der Waals surface area contributed by atoms with Gasteiger partial charge in [0.1, 0.15) is 18.1 Å². The van der Waals surface area contributed by atoms with Crippen LogP contribution < -0.4 is 10.1 Å². The summed E-state index contributed by atoms with van der Waals surface area (Å²) in [5, 5.41) is 12.2. The van der Waals surface area contributed by atoms with E-state index in [0.29, 0.717) is 25.1 Å². The van der Waals surface area contributed by atoms with Crippen molar-refractivity contribution in [3.8, 4) is 11.5 Å². The average Bonchev–Trinajstić information content (AvgIpc) is 2.69. The number of carbonyl (C=O) groups excluding carboxylic acids is 1. The predicted molar refractivity (Wildman–Crippen MR) is 101 cm³/mol. The highest BCUT2D eigenvalue weighted by Gasteiger charge is 2.05. The second kappa shape index (κ2) is 8.72. The second-order valence-electron chi connectivity index (χ2n) is 5.97. The molecule has 0 aromatic heterocycles. The van der Waals surface area contributed by atoms with Gasteiger partial charge in [-0.05, 0) is 53.9 Å². The standard InChI is InChI=1S/C22H21NO3/c24-20-10-6-17(7-11-20)14-15-23-22(25)19-8-12-21(13-9-19)26-16-18-4-2-1-3-5-18/h1-13,24H,14-16H2,(H,23,25). The largest absolute Gasteiger partial charge is 0.508 e. The van der Waals surface area contributed by atoms with Crippen molar-refractivity contribution < 1.29 is 14.6 Å². The van der Waals surface area contributed by atoms with Gasteiger partial charge in [-0.3, -0.25) is 4.79 Å². The number of phenolic OH excluding ortho intramolecular Hbond substituents is 1. The van der Waals surface area contributed by atoms with Crippen molar-refractivity contribution in [2.45, 2.75) is 13.0 Å². The fourth-order valence-corrected chi connectivity index (χ4v) is 2.53. The monoisotopic (exact) mass is 347 g/mol. The molecule has 0 aliphatic heterocycles. The molecule has 4 nitrogen and oxygen atoms in total. The van der Waals surface area contributed by atoms with Crippen molar-refractivity contribution in [2.24, 2.45) is 0 Å². The maximum absolute atomic E-state index is 12.2. The van der Waals surface area contributed by atoms with E-state index in [9.17, 15) is 9.90 Å². The first-order valence-electron chi connectivity index (χ1n) is 8.53. The minimum atomic E-state index is -0.113. The molecule has 4 heteroatoms. The molecule has 1 amide bonds. The van der Waals surface area contributed by atoms with Crippen LogP contribution in [0.15, 0.2) is 78.9 Å². The summed E-state index contributed by atoms with van der Waals surface area (Å²) in [7, 11) is 0. The summed E-state index contributed by atoms with van der Waals surface area (Å²) in [6, 6.07) is 24.1. The van der Waals surface area contributed by atoms with Crippen LogP contribution in [0, 0.1) is 0 Å². The molecule has 0 heterocycles. The van der Waals surface area contributed by atoms with Crippen LogP contribution in [0.5, 0.6) is 11.5 Å². The van der Waals surface area contributed by atoms with Crippen molar-refractivity contribution >= 4 is 5.91 Å². The van der Waals surface area contributed by atoms with Crippen molar-refractivity contribution in [3.63, 3.8) is 0 Å². The maximum atomic E-state index is 12.2. The minimum absolute atomic E-state index is 0.113. The zero-order chi connectivity index (χ0) is 18.2. The number of amides is 1. The van der Waals surface area contributed by atoms with E-state index in [0.717, 1.165) is 16.9 Å². The van der Waals surface area contributed by atoms with Crippen LogP contribution >= 0.6 is 0 Å². The average molecular weight is 347 g/mol. The molecule has 0 aliphatic carbocycles. The van der Waals surface area contributed by atoms with Gasteiger partial charge in [0, 0.05) is 12.1 Å². The summed E-state index contributed by atoms with van der Waals surface area (Å²) in [6.45, 7) is 1.04. The van der Waals surface area contributed by atoms with E-state index in [1.165, 1.54) is 0 Å². The Bertz CT molecular complexity index is 828. The molecule has 0 bridgehead atoms. The van der Waals surface area contributed by atoms with Gasteiger partial charge in [-0.25, -0.2) is 0 Å². The zero-order valence-electron chi connectivity index (χ0n) is 14.4. The first-order chi connectivity index (χ1) is 12.7. The van der Waals surface area contributed by atoms with Gasteiger partial charge in [-0.15, -0.1) is 0 Å². The number of phenols is 1. The first-order valence-corrected chi connectivity index (χ1v) is 8.53. The van der Waals surface area contributed by atoms with Gasteiger partial charge >= 0.3 is 0 Å². The van der Waals surface area contributed by atoms with E-state index < -0.39 is 0 Å². The van der Waals surface area contributed by atoms with Crippen molar-refractivity contribution in [3.05, 3.63) is 95.6 Å². The third-order valence-electron chi connectivity index (χ3n) is 4.00. The fourth-order valence-electron chi connectivity index (χ4n) is 2.53. The Morgan fingerprint density at radius 1 is 0.846 bits per heavy atom. The van der Waals surface area contributed by atoms with Crippen LogP contribution in [-0.2, 0) is 13.0 Å². The van der Waals surface area contributed by atoms with Gasteiger partial charge in [0.25, 0.3) is 5.91 Å². The van der Waals surface area contributed by atoms with Crippen LogP contribution in [0.1, 0.15) is 21.5 Å². The molecule has 0 atom stereocenters. The topological polar surface area (TPSA) is 58.6 Å². The van der Waals surface area contributed by atoms with Gasteiger partial charge in [0.15, 0.2) is 0 Å². The van der Waals surface area contributed by atoms with Crippen LogP contribution in [0.3, 0.4) is 0 Å². The highest BCUT2D eigenvalue weighted by Crippen LogP contribution is 2.14. The molecule has 0 spiro atoms. The van der Waals surface area contributed by atoms with Gasteiger partial charge in [-0.2, -0.15) is 0 Å². The molecule has 3 aromatic rings. The van der Waals surface area contributed by atoms with Gasteiger partial charge < -0.3 is 15.2 Å². The third kappa shape index (κ3) is 5.11. The highest BCUT2D eigenvalue weighted by atomic mass is 16.5. The molecule has 0 aliphatic rings. The Hall–Kier alpha value is -3.27. The van der Waals surface area contributed by atoms with E-state index in [4.69, 9.17) is 4.74 Å². The highest BCUT2D eigenvalue weighted by molar-refractivity contribution is 5.94. The van der Waals surface area contributed by atoms with E-state index in [1.54, 1.807) is 36.4 Å². The Kier molecular flexibility index (Phi) is 5.88. The summed E-state index contributed by atoms with van der Waals surface area (Å²) in [6.07, 6.45) is 0.713. The lowest BCUT2D eigenvalue weighted by Gasteiger charge is -2.08. The lowest BCUT2D eigenvalue weighted by Crippen LogP contribution is -2.25. The minimum Gasteiger partial charge on any atom is -0.508 e. The van der Waals surface area contributed by atoms with Crippen molar-refractivity contribution in [1.29, 1.82) is 0 Å². The van der Waals surface area contributed by atoms with Gasteiger partial charge in [0.2, 0.25) is 0 Å². The maximum Gasteiger partial charge on any atom is 0.251 e. The van der Waals surface area contributed by atoms with Crippen molar-refractivity contribution in [1.82, 2.24) is 5.32 Å². The Balaban J connectivity index is 1.46. The number of aromatic hydroxyl groups is 1. The molecule has 2 N–H and O–H groups in total. The molecule has 0 unspecified atom stereocenters. The van der Waals surface area contributed by atoms with E-state index >= 15 is 0 Å². The quantitative estimate of drug-likeness (QED) is 0.680. The SMILES string of the molecule is O=C(NCCc1ccc(O)cc1)c1ccc(OCc2ccccc2)cc1. The normalized spacial score (nSPS) is 10.3. The molecule has 3 rings (SSSR count). The molecule has 0 fully saturated rings. The number of nitrogens with one attached hydrogen (secondary N) is 1. The summed E-state index contributed by atoms with van der Waals surface area (Å²) < 4.78 is 5.72. The van der Waals surface area contributed by atoms with Crippen LogP contribution in [0.25, 0.3) is 0 Å². The predicted octanol–water partition coefficient (Wildman–Crippen LogP) is 3.94. The number of ether oxygens (including phenoxy) is 1. The number of hydrogen-bond acceptors (Lipinski definition) is 3. The molecule has 0 saturated carbocycles. The summed E-state index contributed by atoms with van der Waals surface area (Å²) in [5.74, 6) is 0.861. The van der Waals surface area contributed by atoms with Gasteiger partial charge in [-0.1, -0.05) is 42.5 Å². The molecular formula is C22H21NO3. The lowest BCUT2D eigenvalue weighted by molar-refractivity contribution is 0.0954. The Morgan fingerprint density at radius 2 is 1.54 bits per heavy atom. The molecule has 0 radical (unpaired) electrons. The van der Waals surface area contributed by atoms with Crippen LogP contribution in [-0.4, -0.2) is 17.6 Å². The summed E-state index contributed by atoms with van der Waals surface area (Å²) in [5.41, 5.74) is 2.76. The molecule has 3 aromatic carbocycles. The van der Waals surface area contributed by atoms with E-state index in [1.807, 2.05) is 42.5 Å². The molecule has 26 heavy (non-hydrogen) atoms. The second-order valence-corrected chi connectivity index (χ2v) is 5.97. The first kappa shape index (κ1) is 17.5. The fraction of sp³-hybridized carbons (Fsp3) is 0.136. The lowest BCUT2D eigenvalue weighted by atomic mass is 10.1. The van der Waals surface area contributed by atoms with Crippen LogP contribution in [0.2, 0.25) is 0 Å². The summed E-state index contributed by atoms with van der Waals surface area (Å²) >= 11 is 0.